The van der Waals surface area contributed by atoms with Gasteiger partial charge in [0.2, 0.25) is 17.7 Å². The average molecular weight is 802 g/mol. The molecule has 3 aromatic rings. The number of carbonyl (C=O) groups is 6. The van der Waals surface area contributed by atoms with Crippen LogP contribution in [0.15, 0.2) is 67.1 Å². The van der Waals surface area contributed by atoms with Gasteiger partial charge in [0.05, 0.1) is 44.0 Å². The molecule has 2 aromatic carbocycles. The number of nitrogens with zero attached hydrogens (tertiary/aromatic N) is 3. The number of likely N-dealkylation sites (N-methyl/N-ethyl adjacent to an activating group) is 2. The number of amides is 3. The number of aromatic nitrogens is 2. The maximum absolute atomic E-state index is 14.0. The fourth-order valence-electron chi connectivity index (χ4n) is 6.57. The van der Waals surface area contributed by atoms with Gasteiger partial charge in [0.25, 0.3) is 0 Å². The molecule has 14 nitrogen and oxygen atoms in total. The van der Waals surface area contributed by atoms with Crippen LogP contribution < -0.4 is 16.0 Å². The van der Waals surface area contributed by atoms with Crippen LogP contribution in [0, 0.1) is 17.8 Å². The lowest BCUT2D eigenvalue weighted by Gasteiger charge is -2.32. The highest BCUT2D eigenvalue weighted by Gasteiger charge is 2.33. The van der Waals surface area contributed by atoms with Gasteiger partial charge >= 0.3 is 0 Å². The molecule has 0 aliphatic carbocycles. The lowest BCUT2D eigenvalue weighted by atomic mass is 9.94. The molecule has 1 heterocycles. The van der Waals surface area contributed by atoms with E-state index >= 15 is 0 Å². The van der Waals surface area contributed by atoms with E-state index in [-0.39, 0.29) is 86.3 Å². The summed E-state index contributed by atoms with van der Waals surface area (Å²) in [5.41, 5.74) is 2.27. The third-order valence-corrected chi connectivity index (χ3v) is 9.86. The number of hydrogen-bond donors (Lipinski definition) is 5. The van der Waals surface area contributed by atoms with E-state index in [1.165, 1.54) is 23.4 Å². The van der Waals surface area contributed by atoms with E-state index in [9.17, 15) is 33.9 Å². The van der Waals surface area contributed by atoms with Crippen molar-refractivity contribution in [3.63, 3.8) is 0 Å². The highest BCUT2D eigenvalue weighted by Crippen LogP contribution is 2.17. The van der Waals surface area contributed by atoms with E-state index in [4.69, 9.17) is 0 Å². The molecular formula is C44H63N7O7. The van der Waals surface area contributed by atoms with E-state index in [1.807, 2.05) is 58.0 Å². The smallest absolute Gasteiger partial charge is 0.243 e. The minimum atomic E-state index is -0.957. The number of carbonyl (C=O) groups excluding carboxylic acids is 6. The van der Waals surface area contributed by atoms with Crippen LogP contribution in [0.1, 0.15) is 71.2 Å². The molecule has 0 radical (unpaired) electrons. The number of phenols is 1. The van der Waals surface area contributed by atoms with E-state index in [0.717, 1.165) is 11.1 Å². The minimum Gasteiger partial charge on any atom is -0.508 e. The van der Waals surface area contributed by atoms with Gasteiger partial charge in [-0.2, -0.15) is 0 Å². The van der Waals surface area contributed by atoms with Crippen molar-refractivity contribution < 1.29 is 33.9 Å². The lowest BCUT2D eigenvalue weighted by molar-refractivity contribution is -0.141. The summed E-state index contributed by atoms with van der Waals surface area (Å²) in [5.74, 6) is -2.93. The molecule has 0 aliphatic rings. The Balaban J connectivity index is 1.75. The average Bonchev–Trinajstić information content (AvgIpc) is 3.69. The molecule has 14 heteroatoms. The molecule has 0 saturated carbocycles. The van der Waals surface area contributed by atoms with Crippen LogP contribution in [0.5, 0.6) is 5.75 Å². The summed E-state index contributed by atoms with van der Waals surface area (Å²) in [5, 5.41) is 18.7. The van der Waals surface area contributed by atoms with Crippen LogP contribution >= 0.6 is 0 Å². The molecule has 3 rings (SSSR count). The predicted octanol–water partition coefficient (Wildman–Crippen LogP) is 3.29. The van der Waals surface area contributed by atoms with Gasteiger partial charge in [-0.25, -0.2) is 4.98 Å². The van der Waals surface area contributed by atoms with Gasteiger partial charge in [-0.05, 0) is 55.5 Å². The van der Waals surface area contributed by atoms with Crippen molar-refractivity contribution in [3.05, 3.63) is 83.9 Å². The number of Topliss-reactive ketones (excluding diaryl/α,β-unsaturated/α-hetero) is 3. The van der Waals surface area contributed by atoms with Gasteiger partial charge in [-0.1, -0.05) is 84.0 Å². The zero-order chi connectivity index (χ0) is 42.9. The molecule has 3 amide bonds. The number of nitrogens with one attached hydrogen (secondary N) is 4. The predicted molar refractivity (Wildman–Crippen MR) is 223 cm³/mol. The van der Waals surface area contributed by atoms with Gasteiger partial charge in [0.1, 0.15) is 17.6 Å². The third-order valence-electron chi connectivity index (χ3n) is 9.86. The number of aromatic hydroxyl groups is 1. The number of phenolic OH excluding ortho intramolecular Hbond substituents is 1. The van der Waals surface area contributed by atoms with Crippen molar-refractivity contribution in [2.24, 2.45) is 17.8 Å². The molecule has 1 aromatic heterocycles. The molecule has 0 bridgehead atoms. The summed E-state index contributed by atoms with van der Waals surface area (Å²) in [7, 11) is 3.17. The minimum absolute atomic E-state index is 0.0304. The number of benzene rings is 2. The topological polar surface area (TPSA) is 194 Å². The Morgan fingerprint density at radius 3 is 1.98 bits per heavy atom. The fraction of sp³-hybridized carbons (Fsp3) is 0.523. The molecule has 0 saturated heterocycles. The fourth-order valence-corrected chi connectivity index (χ4v) is 6.57. The maximum Gasteiger partial charge on any atom is 0.243 e. The normalized spacial score (nSPS) is 13.6. The van der Waals surface area contributed by atoms with Gasteiger partial charge in [0.15, 0.2) is 11.6 Å². The van der Waals surface area contributed by atoms with Crippen molar-refractivity contribution in [2.75, 3.05) is 33.7 Å². The van der Waals surface area contributed by atoms with Crippen molar-refractivity contribution in [3.8, 4) is 5.75 Å². The molecule has 0 fully saturated rings. The van der Waals surface area contributed by atoms with Gasteiger partial charge in [-0.15, -0.1) is 0 Å². The number of imidazole rings is 1. The number of ketones is 3. The molecule has 5 N–H and O–H groups in total. The van der Waals surface area contributed by atoms with Crippen LogP contribution in [0.25, 0.3) is 0 Å². The molecule has 0 aliphatic heterocycles. The van der Waals surface area contributed by atoms with Crippen LogP contribution in [0.4, 0.5) is 0 Å². The molecule has 4 atom stereocenters. The summed E-state index contributed by atoms with van der Waals surface area (Å²) in [4.78, 5) is 91.7. The van der Waals surface area contributed by atoms with Gasteiger partial charge in [-0.3, -0.25) is 33.7 Å². The highest BCUT2D eigenvalue weighted by molar-refractivity contribution is 5.95. The summed E-state index contributed by atoms with van der Waals surface area (Å²) < 4.78 is 0. The van der Waals surface area contributed by atoms with E-state index in [1.54, 1.807) is 51.2 Å². The maximum atomic E-state index is 14.0. The lowest BCUT2D eigenvalue weighted by Crippen LogP contribution is -2.55. The van der Waals surface area contributed by atoms with Crippen molar-refractivity contribution >= 4 is 35.1 Å². The molecule has 0 spiro atoms. The van der Waals surface area contributed by atoms with Crippen molar-refractivity contribution in [1.29, 1.82) is 0 Å². The molecule has 316 valence electrons. The summed E-state index contributed by atoms with van der Waals surface area (Å²) in [6.45, 7) is 11.0. The Morgan fingerprint density at radius 1 is 0.776 bits per heavy atom. The Hall–Kier alpha value is -5.21. The first kappa shape index (κ1) is 47.2. The summed E-state index contributed by atoms with van der Waals surface area (Å²) >= 11 is 0. The number of hydrogen-bond acceptors (Lipinski definition) is 10. The number of aromatic amines is 1. The van der Waals surface area contributed by atoms with Crippen LogP contribution in [-0.4, -0.2) is 118 Å². The number of rotatable bonds is 25. The Bertz CT molecular complexity index is 1780. The Kier molecular flexibility index (Phi) is 18.9. The molecule has 0 unspecified atom stereocenters. The number of H-pyrrole nitrogens is 1. The second kappa shape index (κ2) is 23.3. The Labute approximate surface area is 342 Å². The van der Waals surface area contributed by atoms with E-state index < -0.39 is 41.8 Å². The molecule has 58 heavy (non-hydrogen) atoms. The second-order valence-corrected chi connectivity index (χ2v) is 16.3. The Morgan fingerprint density at radius 2 is 1.40 bits per heavy atom. The SMILES string of the molecule is CC(C)C[C@@H](C(=O)N[C@@H](Cc1ccc(O)cc1)C(=O)C(C)C)N(C)C(=O)CN(C)CC(=O)[C@H](Cc1ccccc1)NC(=O)[C@@H](CC(=O)CNC(C)C)Cc1cnc[nH]1. The van der Waals surface area contributed by atoms with Crippen LogP contribution in [0.2, 0.25) is 0 Å². The van der Waals surface area contributed by atoms with Crippen molar-refractivity contribution in [2.45, 2.75) is 97.8 Å². The monoisotopic (exact) mass is 801 g/mol. The van der Waals surface area contributed by atoms with E-state index in [2.05, 4.69) is 25.9 Å². The zero-order valence-corrected chi connectivity index (χ0v) is 35.3. The third kappa shape index (κ3) is 16.0. The summed E-state index contributed by atoms with van der Waals surface area (Å²) in [6, 6.07) is 13.1. The second-order valence-electron chi connectivity index (χ2n) is 16.3. The van der Waals surface area contributed by atoms with Gasteiger partial charge in [0, 0.05) is 43.7 Å². The first-order chi connectivity index (χ1) is 27.4. The quantitative estimate of drug-likeness (QED) is 0.0850. The van der Waals surface area contributed by atoms with Crippen molar-refractivity contribution in [1.82, 2.24) is 35.7 Å². The van der Waals surface area contributed by atoms with Crippen LogP contribution in [0.3, 0.4) is 0 Å². The molecular weight excluding hydrogens is 739 g/mol. The van der Waals surface area contributed by atoms with Crippen LogP contribution in [-0.2, 0) is 48.0 Å². The van der Waals surface area contributed by atoms with Gasteiger partial charge < -0.3 is 30.9 Å². The highest BCUT2D eigenvalue weighted by atomic mass is 16.3. The zero-order valence-electron chi connectivity index (χ0n) is 35.3. The standard InChI is InChI=1S/C44H63N7O7/c1-28(2)18-39(44(58)49-38(42(56)29(3)4)20-32-14-16-35(52)17-15-32)51(8)41(55)26-50(7)25-40(54)37(19-31-12-10-9-11-13-31)48-43(57)33(21-34-23-45-27-47-34)22-36(53)24-46-30(5)6/h9-17,23,27-30,33,37-39,46,52H,18-22,24-26H2,1-8H3,(H,45,47)(H,48,57)(H,49,58)/t33-,37+,38+,39+/m1/s1. The summed E-state index contributed by atoms with van der Waals surface area (Å²) in [6.07, 6.45) is 4.04. The van der Waals surface area contributed by atoms with E-state index in [0.29, 0.717) is 12.1 Å². The largest absolute Gasteiger partial charge is 0.508 e. The first-order valence-corrected chi connectivity index (χ1v) is 20.1. The first-order valence-electron chi connectivity index (χ1n) is 20.1.